The standard InChI is InChI=1S/C19H26FN3O2S/c20-16-3-1-14(2-4-16)11-21-18(24)19(25)22-12-15-5-8-23(9-6-15)17-7-10-26-13-17/h1-4,15,17H,5-13H2,(H,21,24)(H,22,25)/t17-/m0/s1. The molecule has 7 heteroatoms. The van der Waals surface area contributed by atoms with Crippen molar-refractivity contribution in [1.82, 2.24) is 15.5 Å². The minimum atomic E-state index is -0.644. The average Bonchev–Trinajstić information content (AvgIpc) is 3.20. The normalized spacial score (nSPS) is 21.5. The van der Waals surface area contributed by atoms with E-state index < -0.39 is 11.8 Å². The molecule has 5 nitrogen and oxygen atoms in total. The van der Waals surface area contributed by atoms with Crippen LogP contribution in [0.2, 0.25) is 0 Å². The molecule has 0 aromatic heterocycles. The number of thioether (sulfide) groups is 1. The smallest absolute Gasteiger partial charge is 0.309 e. The first-order chi connectivity index (χ1) is 12.6. The van der Waals surface area contributed by atoms with Gasteiger partial charge in [-0.2, -0.15) is 11.8 Å². The van der Waals surface area contributed by atoms with Crippen LogP contribution in [0, 0.1) is 11.7 Å². The zero-order valence-corrected chi connectivity index (χ0v) is 15.7. The molecule has 2 saturated heterocycles. The summed E-state index contributed by atoms with van der Waals surface area (Å²) >= 11 is 2.04. The summed E-state index contributed by atoms with van der Waals surface area (Å²) in [5.41, 5.74) is 0.755. The molecule has 2 amide bonds. The summed E-state index contributed by atoms with van der Waals surface area (Å²) in [6.07, 6.45) is 3.43. The highest BCUT2D eigenvalue weighted by atomic mass is 32.2. The molecule has 0 saturated carbocycles. The van der Waals surface area contributed by atoms with E-state index in [9.17, 15) is 14.0 Å². The topological polar surface area (TPSA) is 61.4 Å². The molecule has 0 aliphatic carbocycles. The van der Waals surface area contributed by atoms with Crippen molar-refractivity contribution in [3.8, 4) is 0 Å². The van der Waals surface area contributed by atoms with Gasteiger partial charge in [0.05, 0.1) is 0 Å². The molecule has 0 spiro atoms. The molecule has 142 valence electrons. The van der Waals surface area contributed by atoms with E-state index >= 15 is 0 Å². The monoisotopic (exact) mass is 379 g/mol. The second-order valence-electron chi connectivity index (χ2n) is 7.02. The Bertz CT molecular complexity index is 612. The summed E-state index contributed by atoms with van der Waals surface area (Å²) in [6.45, 7) is 2.94. The molecule has 2 aliphatic heterocycles. The number of rotatable bonds is 5. The van der Waals surface area contributed by atoms with Crippen LogP contribution in [-0.4, -0.2) is 53.9 Å². The predicted molar refractivity (Wildman–Crippen MR) is 101 cm³/mol. The minimum absolute atomic E-state index is 0.213. The molecule has 1 aromatic carbocycles. The molecular formula is C19H26FN3O2S. The van der Waals surface area contributed by atoms with Crippen molar-refractivity contribution in [2.24, 2.45) is 5.92 Å². The molecular weight excluding hydrogens is 353 g/mol. The van der Waals surface area contributed by atoms with Crippen molar-refractivity contribution in [2.45, 2.75) is 31.8 Å². The maximum absolute atomic E-state index is 12.8. The highest BCUT2D eigenvalue weighted by Gasteiger charge is 2.27. The van der Waals surface area contributed by atoms with E-state index in [-0.39, 0.29) is 12.4 Å². The third kappa shape index (κ3) is 5.45. The Balaban J connectivity index is 1.33. The summed E-state index contributed by atoms with van der Waals surface area (Å²) in [4.78, 5) is 26.4. The van der Waals surface area contributed by atoms with Gasteiger partial charge < -0.3 is 10.6 Å². The van der Waals surface area contributed by atoms with Crippen LogP contribution in [0.1, 0.15) is 24.8 Å². The van der Waals surface area contributed by atoms with E-state index in [1.165, 1.54) is 30.1 Å². The number of halogens is 1. The fourth-order valence-electron chi connectivity index (χ4n) is 3.51. The third-order valence-electron chi connectivity index (χ3n) is 5.20. The van der Waals surface area contributed by atoms with Crippen LogP contribution in [0.5, 0.6) is 0 Å². The first-order valence-electron chi connectivity index (χ1n) is 9.24. The fourth-order valence-corrected chi connectivity index (χ4v) is 4.77. The molecule has 3 rings (SSSR count). The van der Waals surface area contributed by atoms with Crippen LogP contribution in [-0.2, 0) is 16.1 Å². The van der Waals surface area contributed by atoms with Crippen molar-refractivity contribution in [2.75, 3.05) is 31.1 Å². The van der Waals surface area contributed by atoms with E-state index in [4.69, 9.17) is 0 Å². The van der Waals surface area contributed by atoms with E-state index in [1.54, 1.807) is 12.1 Å². The Hall–Kier alpha value is -1.60. The van der Waals surface area contributed by atoms with Crippen LogP contribution in [0.3, 0.4) is 0 Å². The van der Waals surface area contributed by atoms with Gasteiger partial charge in [0.25, 0.3) is 0 Å². The number of nitrogens with one attached hydrogen (secondary N) is 2. The number of nitrogens with zero attached hydrogens (tertiary/aromatic N) is 1. The molecule has 2 aliphatic rings. The molecule has 0 radical (unpaired) electrons. The van der Waals surface area contributed by atoms with Gasteiger partial charge >= 0.3 is 11.8 Å². The van der Waals surface area contributed by atoms with Crippen molar-refractivity contribution in [3.05, 3.63) is 35.6 Å². The number of carbonyl (C=O) groups excluding carboxylic acids is 2. The lowest BCUT2D eigenvalue weighted by atomic mass is 9.95. The van der Waals surface area contributed by atoms with E-state index in [0.717, 1.165) is 37.5 Å². The molecule has 26 heavy (non-hydrogen) atoms. The highest BCUT2D eigenvalue weighted by Crippen LogP contribution is 2.26. The van der Waals surface area contributed by atoms with Gasteiger partial charge in [-0.25, -0.2) is 4.39 Å². The quantitative estimate of drug-likeness (QED) is 0.766. The lowest BCUT2D eigenvalue weighted by Gasteiger charge is -2.35. The van der Waals surface area contributed by atoms with Gasteiger partial charge in [0.15, 0.2) is 0 Å². The zero-order valence-electron chi connectivity index (χ0n) is 14.9. The lowest BCUT2D eigenvalue weighted by molar-refractivity contribution is -0.139. The first-order valence-corrected chi connectivity index (χ1v) is 10.4. The number of hydrogen-bond donors (Lipinski definition) is 2. The summed E-state index contributed by atoms with van der Waals surface area (Å²) in [7, 11) is 0. The summed E-state index contributed by atoms with van der Waals surface area (Å²) in [5, 5.41) is 5.31. The molecule has 2 fully saturated rings. The molecule has 0 bridgehead atoms. The van der Waals surface area contributed by atoms with Gasteiger partial charge in [0.2, 0.25) is 0 Å². The van der Waals surface area contributed by atoms with Crippen LogP contribution in [0.15, 0.2) is 24.3 Å². The lowest BCUT2D eigenvalue weighted by Crippen LogP contribution is -2.45. The maximum Gasteiger partial charge on any atom is 0.309 e. The van der Waals surface area contributed by atoms with Gasteiger partial charge in [0.1, 0.15) is 5.82 Å². The SMILES string of the molecule is O=C(NCc1ccc(F)cc1)C(=O)NCC1CCN([C@H]2CCSC2)CC1. The number of benzene rings is 1. The number of likely N-dealkylation sites (tertiary alicyclic amines) is 1. The molecule has 2 N–H and O–H groups in total. The summed E-state index contributed by atoms with van der Waals surface area (Å²) in [5.74, 6) is 1.39. The Labute approximate surface area is 158 Å². The Morgan fingerprint density at radius 2 is 1.77 bits per heavy atom. The Morgan fingerprint density at radius 1 is 1.08 bits per heavy atom. The van der Waals surface area contributed by atoms with Gasteiger partial charge in [0, 0.05) is 24.9 Å². The molecule has 0 unspecified atom stereocenters. The minimum Gasteiger partial charge on any atom is -0.348 e. The van der Waals surface area contributed by atoms with E-state index in [0.29, 0.717) is 12.5 Å². The molecule has 2 heterocycles. The van der Waals surface area contributed by atoms with E-state index in [1.807, 2.05) is 11.8 Å². The summed E-state index contributed by atoms with van der Waals surface area (Å²) in [6, 6.07) is 6.57. The highest BCUT2D eigenvalue weighted by molar-refractivity contribution is 7.99. The van der Waals surface area contributed by atoms with Gasteiger partial charge in [-0.1, -0.05) is 12.1 Å². The predicted octanol–water partition coefficient (Wildman–Crippen LogP) is 1.78. The van der Waals surface area contributed by atoms with Gasteiger partial charge in [-0.3, -0.25) is 14.5 Å². The van der Waals surface area contributed by atoms with Gasteiger partial charge in [-0.05, 0) is 61.7 Å². The average molecular weight is 380 g/mol. The number of piperidine rings is 1. The second kappa shape index (κ2) is 9.37. The Kier molecular flexibility index (Phi) is 6.91. The first kappa shape index (κ1) is 19.2. The second-order valence-corrected chi connectivity index (χ2v) is 8.17. The molecule has 1 aromatic rings. The van der Waals surface area contributed by atoms with E-state index in [2.05, 4.69) is 15.5 Å². The van der Waals surface area contributed by atoms with Gasteiger partial charge in [-0.15, -0.1) is 0 Å². The fraction of sp³-hybridized carbons (Fsp3) is 0.579. The largest absolute Gasteiger partial charge is 0.348 e. The molecule has 1 atom stereocenters. The summed E-state index contributed by atoms with van der Waals surface area (Å²) < 4.78 is 12.8. The van der Waals surface area contributed by atoms with Crippen molar-refractivity contribution >= 4 is 23.6 Å². The zero-order chi connectivity index (χ0) is 18.4. The maximum atomic E-state index is 12.8. The number of hydrogen-bond acceptors (Lipinski definition) is 4. The van der Waals surface area contributed by atoms with Crippen molar-refractivity contribution < 1.29 is 14.0 Å². The van der Waals surface area contributed by atoms with Crippen LogP contribution >= 0.6 is 11.8 Å². The van der Waals surface area contributed by atoms with Crippen LogP contribution in [0.4, 0.5) is 4.39 Å². The Morgan fingerprint density at radius 3 is 2.42 bits per heavy atom. The number of amides is 2. The van der Waals surface area contributed by atoms with Crippen LogP contribution in [0.25, 0.3) is 0 Å². The number of carbonyl (C=O) groups is 2. The van der Waals surface area contributed by atoms with Crippen molar-refractivity contribution in [3.63, 3.8) is 0 Å². The third-order valence-corrected chi connectivity index (χ3v) is 6.34. The van der Waals surface area contributed by atoms with Crippen LogP contribution < -0.4 is 10.6 Å². The van der Waals surface area contributed by atoms with Crippen molar-refractivity contribution in [1.29, 1.82) is 0 Å².